The van der Waals surface area contributed by atoms with E-state index in [4.69, 9.17) is 11.6 Å². The van der Waals surface area contributed by atoms with Crippen LogP contribution in [0.4, 0.5) is 11.4 Å². The number of hydrogen-bond acceptors (Lipinski definition) is 2. The van der Waals surface area contributed by atoms with Crippen LogP contribution in [0.1, 0.15) is 15.9 Å². The van der Waals surface area contributed by atoms with Gasteiger partial charge in [0.2, 0.25) is 0 Å². The minimum absolute atomic E-state index is 0.153. The highest BCUT2D eigenvalue weighted by molar-refractivity contribution is 9.10. The maximum absolute atomic E-state index is 12.2. The van der Waals surface area contributed by atoms with Crippen molar-refractivity contribution in [2.75, 3.05) is 17.2 Å². The van der Waals surface area contributed by atoms with Gasteiger partial charge in [0.15, 0.2) is 0 Å². The number of carbonyl (C=O) groups is 1. The zero-order valence-corrected chi connectivity index (χ0v) is 12.9. The van der Waals surface area contributed by atoms with Gasteiger partial charge in [0, 0.05) is 27.4 Å². The molecule has 2 aromatic rings. The molecule has 0 saturated heterocycles. The van der Waals surface area contributed by atoms with E-state index in [1.54, 1.807) is 18.2 Å². The van der Waals surface area contributed by atoms with Crippen molar-refractivity contribution in [1.82, 2.24) is 0 Å². The number of carbonyl (C=O) groups excluding carboxylic acids is 1. The Morgan fingerprint density at radius 1 is 1.25 bits per heavy atom. The summed E-state index contributed by atoms with van der Waals surface area (Å²) < 4.78 is 0.685. The Kier molecular flexibility index (Phi) is 3.68. The number of anilines is 2. The van der Waals surface area contributed by atoms with Crippen molar-refractivity contribution in [1.29, 1.82) is 0 Å². The second-order valence-electron chi connectivity index (χ2n) is 4.63. The Bertz CT molecular complexity index is 688. The highest BCUT2D eigenvalue weighted by atomic mass is 79.9. The van der Waals surface area contributed by atoms with E-state index < -0.39 is 0 Å². The predicted molar refractivity (Wildman–Crippen MR) is 85.7 cm³/mol. The molecular weight excluding hydrogens is 340 g/mol. The molecule has 0 bridgehead atoms. The molecule has 102 valence electrons. The summed E-state index contributed by atoms with van der Waals surface area (Å²) in [5.74, 6) is -0.153. The second-order valence-corrected chi connectivity index (χ2v) is 5.92. The molecule has 1 aliphatic heterocycles. The summed E-state index contributed by atoms with van der Waals surface area (Å²) in [7, 11) is 0. The van der Waals surface area contributed by atoms with Crippen LogP contribution in [0.15, 0.2) is 40.9 Å². The lowest BCUT2D eigenvalue weighted by Crippen LogP contribution is -2.12. The van der Waals surface area contributed by atoms with Gasteiger partial charge in [-0.2, -0.15) is 0 Å². The first kappa shape index (κ1) is 13.5. The molecule has 2 N–H and O–H groups in total. The third kappa shape index (κ3) is 2.67. The third-order valence-corrected chi connectivity index (χ3v) is 4.14. The van der Waals surface area contributed by atoms with E-state index in [-0.39, 0.29) is 5.91 Å². The van der Waals surface area contributed by atoms with E-state index >= 15 is 0 Å². The summed E-state index contributed by atoms with van der Waals surface area (Å²) in [6.07, 6.45) is 0.990. The van der Waals surface area contributed by atoms with E-state index in [9.17, 15) is 4.79 Å². The van der Waals surface area contributed by atoms with Crippen LogP contribution >= 0.6 is 27.5 Å². The highest BCUT2D eigenvalue weighted by Crippen LogP contribution is 2.26. The minimum atomic E-state index is -0.153. The van der Waals surface area contributed by atoms with E-state index in [0.29, 0.717) is 15.1 Å². The lowest BCUT2D eigenvalue weighted by atomic mass is 10.1. The fourth-order valence-electron chi connectivity index (χ4n) is 2.25. The van der Waals surface area contributed by atoms with Gasteiger partial charge in [-0.3, -0.25) is 4.79 Å². The Hall–Kier alpha value is -1.52. The molecule has 0 fully saturated rings. The normalized spacial score (nSPS) is 12.7. The summed E-state index contributed by atoms with van der Waals surface area (Å²) in [6, 6.07) is 11.0. The van der Waals surface area contributed by atoms with Crippen LogP contribution in [0.5, 0.6) is 0 Å². The maximum Gasteiger partial charge on any atom is 0.256 e. The number of hydrogen-bond donors (Lipinski definition) is 2. The number of rotatable bonds is 2. The predicted octanol–water partition coefficient (Wildman–Crippen LogP) is 4.32. The van der Waals surface area contributed by atoms with Gasteiger partial charge in [0.25, 0.3) is 5.91 Å². The molecule has 1 aliphatic rings. The maximum atomic E-state index is 12.2. The average molecular weight is 352 g/mol. The van der Waals surface area contributed by atoms with Gasteiger partial charge in [-0.05, 0) is 64.3 Å². The van der Waals surface area contributed by atoms with Crippen molar-refractivity contribution < 1.29 is 4.79 Å². The van der Waals surface area contributed by atoms with Crippen LogP contribution in [0.25, 0.3) is 0 Å². The lowest BCUT2D eigenvalue weighted by Gasteiger charge is -2.09. The highest BCUT2D eigenvalue weighted by Gasteiger charge is 2.13. The Labute approximate surface area is 130 Å². The topological polar surface area (TPSA) is 41.1 Å². The van der Waals surface area contributed by atoms with Gasteiger partial charge in [0.05, 0.1) is 5.56 Å². The summed E-state index contributed by atoms with van der Waals surface area (Å²) in [5, 5.41) is 6.80. The molecule has 3 rings (SSSR count). The van der Waals surface area contributed by atoms with E-state index in [0.717, 1.165) is 24.3 Å². The van der Waals surface area contributed by atoms with Gasteiger partial charge in [-0.25, -0.2) is 0 Å². The van der Waals surface area contributed by atoms with E-state index in [1.165, 1.54) is 5.56 Å². The molecule has 2 aromatic carbocycles. The molecule has 20 heavy (non-hydrogen) atoms. The summed E-state index contributed by atoms with van der Waals surface area (Å²) >= 11 is 9.23. The minimum Gasteiger partial charge on any atom is -0.384 e. The summed E-state index contributed by atoms with van der Waals surface area (Å²) in [4.78, 5) is 12.2. The molecule has 1 amide bonds. The lowest BCUT2D eigenvalue weighted by molar-refractivity contribution is 0.102. The van der Waals surface area contributed by atoms with Crippen molar-refractivity contribution in [3.8, 4) is 0 Å². The van der Waals surface area contributed by atoms with Gasteiger partial charge in [0.1, 0.15) is 0 Å². The van der Waals surface area contributed by atoms with Crippen molar-refractivity contribution in [2.24, 2.45) is 0 Å². The molecule has 0 saturated carbocycles. The zero-order valence-electron chi connectivity index (χ0n) is 10.5. The number of nitrogens with one attached hydrogen (secondary N) is 2. The molecule has 0 spiro atoms. The van der Waals surface area contributed by atoms with Crippen LogP contribution in [-0.4, -0.2) is 12.5 Å². The molecule has 0 aromatic heterocycles. The standard InChI is InChI=1S/C15H12BrClN2O/c16-13-8-10(17)1-3-12(13)15(20)19-11-2-4-14-9(7-11)5-6-18-14/h1-4,7-8,18H,5-6H2,(H,19,20). The Morgan fingerprint density at radius 3 is 2.90 bits per heavy atom. The molecule has 0 aliphatic carbocycles. The zero-order chi connectivity index (χ0) is 14.1. The molecule has 3 nitrogen and oxygen atoms in total. The van der Waals surface area contributed by atoms with Crippen molar-refractivity contribution >= 4 is 44.8 Å². The first-order valence-electron chi connectivity index (χ1n) is 6.27. The Balaban J connectivity index is 1.82. The summed E-state index contributed by atoms with van der Waals surface area (Å²) in [6.45, 7) is 0.954. The molecular formula is C15H12BrClN2O. The number of halogens is 2. The molecule has 5 heteroatoms. The average Bonchev–Trinajstić information content (AvgIpc) is 2.85. The Morgan fingerprint density at radius 2 is 2.10 bits per heavy atom. The van der Waals surface area contributed by atoms with Crippen LogP contribution < -0.4 is 10.6 Å². The SMILES string of the molecule is O=C(Nc1ccc2c(c1)CCN2)c1ccc(Cl)cc1Br. The van der Waals surface area contributed by atoms with Crippen molar-refractivity contribution in [3.63, 3.8) is 0 Å². The smallest absolute Gasteiger partial charge is 0.256 e. The van der Waals surface area contributed by atoms with Gasteiger partial charge in [-0.15, -0.1) is 0 Å². The number of benzene rings is 2. The first-order valence-corrected chi connectivity index (χ1v) is 7.44. The van der Waals surface area contributed by atoms with E-state index in [1.807, 2.05) is 18.2 Å². The van der Waals surface area contributed by atoms with Crippen LogP contribution in [-0.2, 0) is 6.42 Å². The second kappa shape index (κ2) is 5.46. The monoisotopic (exact) mass is 350 g/mol. The largest absolute Gasteiger partial charge is 0.384 e. The first-order chi connectivity index (χ1) is 9.63. The number of amides is 1. The molecule has 0 unspecified atom stereocenters. The van der Waals surface area contributed by atoms with Crippen LogP contribution in [0, 0.1) is 0 Å². The van der Waals surface area contributed by atoms with Crippen molar-refractivity contribution in [3.05, 3.63) is 57.0 Å². The summed E-state index contributed by atoms with van der Waals surface area (Å²) in [5.41, 5.74) is 3.75. The molecule has 0 atom stereocenters. The van der Waals surface area contributed by atoms with Crippen molar-refractivity contribution in [2.45, 2.75) is 6.42 Å². The van der Waals surface area contributed by atoms with Gasteiger partial charge in [-0.1, -0.05) is 11.6 Å². The van der Waals surface area contributed by atoms with Crippen LogP contribution in [0.3, 0.4) is 0 Å². The fourth-order valence-corrected chi connectivity index (χ4v) is 3.12. The fraction of sp³-hybridized carbons (Fsp3) is 0.133. The molecule has 0 radical (unpaired) electrons. The number of fused-ring (bicyclic) bond motifs is 1. The van der Waals surface area contributed by atoms with Crippen LogP contribution in [0.2, 0.25) is 5.02 Å². The molecule has 1 heterocycles. The van der Waals surface area contributed by atoms with Gasteiger partial charge < -0.3 is 10.6 Å². The van der Waals surface area contributed by atoms with E-state index in [2.05, 4.69) is 26.6 Å². The quantitative estimate of drug-likeness (QED) is 0.846. The van der Waals surface area contributed by atoms with Gasteiger partial charge >= 0.3 is 0 Å². The third-order valence-electron chi connectivity index (χ3n) is 3.25.